The molecule has 11 heteroatoms. The second-order valence-electron chi connectivity index (χ2n) is 10.7. The van der Waals surface area contributed by atoms with E-state index in [1.807, 2.05) is 63.2 Å². The van der Waals surface area contributed by atoms with Crippen LogP contribution >= 0.6 is 9.47 Å². The molecule has 0 amide bonds. The number of nitrogens with zero attached hydrogens (tertiary/aromatic N) is 3. The van der Waals surface area contributed by atoms with E-state index in [1.54, 1.807) is 12.1 Å². The Labute approximate surface area is 228 Å². The van der Waals surface area contributed by atoms with Gasteiger partial charge in [0.15, 0.2) is 0 Å². The van der Waals surface area contributed by atoms with Gasteiger partial charge in [-0.3, -0.25) is 4.79 Å². The molecular weight excluding hydrogens is 528 g/mol. The molecular formula is C27H39FN3O5PS. The van der Waals surface area contributed by atoms with E-state index < -0.39 is 21.4 Å². The summed E-state index contributed by atoms with van der Waals surface area (Å²) in [6.07, 6.45) is 5.32. The van der Waals surface area contributed by atoms with Crippen LogP contribution in [-0.2, 0) is 24.1 Å². The molecule has 0 N–H and O–H groups in total. The average Bonchev–Trinajstić information content (AvgIpc) is 2.80. The molecule has 8 nitrogen and oxygen atoms in total. The van der Waals surface area contributed by atoms with Crippen molar-refractivity contribution in [3.8, 4) is 11.3 Å². The Morgan fingerprint density at radius 2 is 1.76 bits per heavy atom. The molecule has 0 saturated heterocycles. The quantitative estimate of drug-likeness (QED) is 0.319. The summed E-state index contributed by atoms with van der Waals surface area (Å²) in [5.41, 5.74) is 1.95. The van der Waals surface area contributed by atoms with Crippen LogP contribution in [0.2, 0.25) is 0 Å². The molecule has 0 aliphatic rings. The van der Waals surface area contributed by atoms with Gasteiger partial charge in [0.05, 0.1) is 38.8 Å². The van der Waals surface area contributed by atoms with Crippen LogP contribution in [0.3, 0.4) is 0 Å². The summed E-state index contributed by atoms with van der Waals surface area (Å²) in [5.74, 6) is -0.779. The standard InChI is InChI=1S/C27H39FN3O5PS/c1-17(2)24-22(14-13-21(35-27(4,5)6)15-18(3)16-23(32)36-37)25(19-9-11-20(28)12-10-19)30-26(29-24)31(7)38(8,33)34/h9-14,17-18,21H,15-16,37H2,1-8H3/b14-13+/t18?,21-/m1/s1. The minimum Gasteiger partial charge on any atom is -0.451 e. The number of anilines is 1. The lowest BCUT2D eigenvalue weighted by Gasteiger charge is -2.27. The lowest BCUT2D eigenvalue weighted by Crippen LogP contribution is -2.28. The van der Waals surface area contributed by atoms with Crippen molar-refractivity contribution in [1.82, 2.24) is 9.97 Å². The van der Waals surface area contributed by atoms with Crippen LogP contribution in [0.4, 0.5) is 10.3 Å². The number of sulfonamides is 1. The molecule has 2 aromatic rings. The number of carbonyl (C=O) groups excluding carboxylic acids is 1. The highest BCUT2D eigenvalue weighted by Gasteiger charge is 2.24. The topological polar surface area (TPSA) is 98.7 Å². The molecule has 1 heterocycles. The third kappa shape index (κ3) is 9.40. The van der Waals surface area contributed by atoms with Gasteiger partial charge in [-0.1, -0.05) is 32.9 Å². The largest absolute Gasteiger partial charge is 0.451 e. The van der Waals surface area contributed by atoms with E-state index in [1.165, 1.54) is 19.2 Å². The number of benzene rings is 1. The molecule has 0 saturated carbocycles. The molecule has 1 aromatic heterocycles. The molecule has 210 valence electrons. The van der Waals surface area contributed by atoms with Gasteiger partial charge >= 0.3 is 5.97 Å². The van der Waals surface area contributed by atoms with Crippen molar-refractivity contribution in [1.29, 1.82) is 0 Å². The normalized spacial score (nSPS) is 14.1. The maximum Gasteiger partial charge on any atom is 0.308 e. The Morgan fingerprint density at radius 1 is 1.16 bits per heavy atom. The summed E-state index contributed by atoms with van der Waals surface area (Å²) in [5, 5.41) is 0. The van der Waals surface area contributed by atoms with Crippen LogP contribution < -0.4 is 4.31 Å². The van der Waals surface area contributed by atoms with Crippen LogP contribution in [0.15, 0.2) is 30.3 Å². The number of rotatable bonds is 11. The summed E-state index contributed by atoms with van der Waals surface area (Å²) in [6, 6.07) is 5.86. The van der Waals surface area contributed by atoms with E-state index >= 15 is 0 Å². The number of aromatic nitrogens is 2. The molecule has 2 rings (SSSR count). The second kappa shape index (κ2) is 13.1. The summed E-state index contributed by atoms with van der Waals surface area (Å²) in [7, 11) is -0.248. The third-order valence-corrected chi connectivity index (χ3v) is 7.09. The average molecular weight is 568 g/mol. The van der Waals surface area contributed by atoms with Crippen molar-refractivity contribution < 1.29 is 26.9 Å². The van der Waals surface area contributed by atoms with Crippen molar-refractivity contribution in [3.63, 3.8) is 0 Å². The van der Waals surface area contributed by atoms with Crippen LogP contribution in [-0.4, -0.2) is 49.4 Å². The molecule has 0 radical (unpaired) electrons. The minimum atomic E-state index is -3.62. The van der Waals surface area contributed by atoms with Crippen LogP contribution in [0, 0.1) is 11.7 Å². The molecule has 0 fully saturated rings. The number of hydrogen-bond donors (Lipinski definition) is 0. The van der Waals surface area contributed by atoms with E-state index in [9.17, 15) is 17.6 Å². The van der Waals surface area contributed by atoms with Crippen molar-refractivity contribution in [2.45, 2.75) is 72.0 Å². The molecule has 0 aliphatic carbocycles. The molecule has 0 spiro atoms. The second-order valence-corrected chi connectivity index (χ2v) is 13.0. The fraction of sp³-hybridized carbons (Fsp3) is 0.519. The zero-order valence-corrected chi connectivity index (χ0v) is 25.3. The first-order chi connectivity index (χ1) is 17.5. The molecule has 38 heavy (non-hydrogen) atoms. The first-order valence-electron chi connectivity index (χ1n) is 12.4. The van der Waals surface area contributed by atoms with E-state index in [0.717, 1.165) is 10.6 Å². The highest BCUT2D eigenvalue weighted by Crippen LogP contribution is 2.32. The predicted octanol–water partition coefficient (Wildman–Crippen LogP) is 5.75. The molecule has 0 bridgehead atoms. The van der Waals surface area contributed by atoms with Gasteiger partial charge in [0.2, 0.25) is 16.0 Å². The fourth-order valence-electron chi connectivity index (χ4n) is 3.83. The van der Waals surface area contributed by atoms with Crippen molar-refractivity contribution in [3.05, 3.63) is 47.4 Å². The molecule has 1 aromatic carbocycles. The van der Waals surface area contributed by atoms with Gasteiger partial charge in [0.1, 0.15) is 5.82 Å². The van der Waals surface area contributed by atoms with Crippen LogP contribution in [0.5, 0.6) is 0 Å². The van der Waals surface area contributed by atoms with E-state index in [0.29, 0.717) is 28.9 Å². The van der Waals surface area contributed by atoms with Gasteiger partial charge in [0, 0.05) is 24.6 Å². The smallest absolute Gasteiger partial charge is 0.308 e. The lowest BCUT2D eigenvalue weighted by molar-refractivity contribution is -0.134. The summed E-state index contributed by atoms with van der Waals surface area (Å²) in [6.45, 7) is 11.7. The Balaban J connectivity index is 2.68. The monoisotopic (exact) mass is 567 g/mol. The van der Waals surface area contributed by atoms with Crippen molar-refractivity contribution >= 4 is 37.5 Å². The minimum absolute atomic E-state index is 0.0109. The summed E-state index contributed by atoms with van der Waals surface area (Å²) in [4.78, 5) is 21.0. The predicted molar refractivity (Wildman–Crippen MR) is 153 cm³/mol. The molecule has 3 atom stereocenters. The first kappa shape index (κ1) is 31.8. The van der Waals surface area contributed by atoms with Gasteiger partial charge in [0.25, 0.3) is 0 Å². The third-order valence-electron chi connectivity index (χ3n) is 5.67. The van der Waals surface area contributed by atoms with Gasteiger partial charge in [-0.2, -0.15) is 0 Å². The first-order valence-corrected chi connectivity index (χ1v) is 14.7. The molecule has 2 unspecified atom stereocenters. The fourth-order valence-corrected chi connectivity index (χ4v) is 4.31. The summed E-state index contributed by atoms with van der Waals surface area (Å²) < 4.78 is 50.3. The number of carbonyl (C=O) groups is 1. The Bertz CT molecular complexity index is 1240. The summed E-state index contributed by atoms with van der Waals surface area (Å²) >= 11 is 0. The zero-order chi connectivity index (χ0) is 28.8. The SMILES string of the molecule is CC(CC(=O)OP)C[C@@H](/C=C/c1c(-c2ccc(F)cc2)nc(N(C)S(C)(=O)=O)nc1C(C)C)OC(C)(C)C. The Morgan fingerprint density at radius 3 is 2.26 bits per heavy atom. The maximum atomic E-state index is 13.7. The maximum absolute atomic E-state index is 13.7. The van der Waals surface area contributed by atoms with E-state index in [-0.39, 0.29) is 36.3 Å². The number of halogens is 1. The highest BCUT2D eigenvalue weighted by molar-refractivity contribution is 7.92. The van der Waals surface area contributed by atoms with E-state index in [4.69, 9.17) is 9.26 Å². The molecule has 0 aliphatic heterocycles. The van der Waals surface area contributed by atoms with Crippen LogP contribution in [0.1, 0.15) is 71.6 Å². The number of ether oxygens (including phenoxy) is 1. The van der Waals surface area contributed by atoms with Gasteiger partial charge in [-0.25, -0.2) is 27.1 Å². The van der Waals surface area contributed by atoms with Gasteiger partial charge < -0.3 is 9.26 Å². The van der Waals surface area contributed by atoms with Crippen molar-refractivity contribution in [2.75, 3.05) is 17.6 Å². The van der Waals surface area contributed by atoms with E-state index in [2.05, 4.69) is 9.97 Å². The Hall–Kier alpha value is -2.42. The van der Waals surface area contributed by atoms with Gasteiger partial charge in [-0.15, -0.1) is 0 Å². The van der Waals surface area contributed by atoms with Crippen LogP contribution in [0.25, 0.3) is 17.3 Å². The lowest BCUT2D eigenvalue weighted by atomic mass is 9.95. The Kier molecular flexibility index (Phi) is 11.0. The number of hydrogen-bond acceptors (Lipinski definition) is 7. The van der Waals surface area contributed by atoms with Gasteiger partial charge in [-0.05, 0) is 63.3 Å². The zero-order valence-electron chi connectivity index (χ0n) is 23.4. The van der Waals surface area contributed by atoms with Crippen molar-refractivity contribution in [2.24, 2.45) is 5.92 Å². The highest BCUT2D eigenvalue weighted by atomic mass is 32.2.